The molecule has 3 aromatic rings. The minimum atomic E-state index is -4.49. The van der Waals surface area contributed by atoms with Crippen LogP contribution in [0.3, 0.4) is 0 Å². The number of amides is 1. The lowest BCUT2D eigenvalue weighted by molar-refractivity contribution is -0.137. The van der Waals surface area contributed by atoms with E-state index in [1.165, 1.54) is 47.3 Å². The topological polar surface area (TPSA) is 105 Å². The van der Waals surface area contributed by atoms with Gasteiger partial charge in [-0.05, 0) is 61.4 Å². The van der Waals surface area contributed by atoms with Crippen molar-refractivity contribution >= 4 is 27.3 Å². The Morgan fingerprint density at radius 2 is 1.78 bits per heavy atom. The van der Waals surface area contributed by atoms with E-state index in [1.807, 2.05) is 6.07 Å². The molecule has 1 amide bonds. The second-order valence-corrected chi connectivity index (χ2v) is 11.1. The van der Waals surface area contributed by atoms with Crippen molar-refractivity contribution in [2.24, 2.45) is 5.92 Å². The number of rotatable bonds is 6. The number of carbonyl (C=O) groups is 1. The molecule has 0 spiro atoms. The second-order valence-electron chi connectivity index (χ2n) is 8.55. The molecule has 1 heterocycles. The molecular formula is C24H19ClF4N4O3S. The molecule has 7 nitrogen and oxygen atoms in total. The highest BCUT2D eigenvalue weighted by molar-refractivity contribution is 7.92. The van der Waals surface area contributed by atoms with Gasteiger partial charge in [-0.15, -0.1) is 0 Å². The number of nitrogens with zero attached hydrogens (tertiary/aromatic N) is 3. The lowest BCUT2D eigenvalue weighted by atomic mass is 10.1. The molecule has 0 aliphatic heterocycles. The summed E-state index contributed by atoms with van der Waals surface area (Å²) in [5.41, 5.74) is 0.0697. The van der Waals surface area contributed by atoms with Gasteiger partial charge in [-0.2, -0.15) is 23.5 Å². The van der Waals surface area contributed by atoms with Crippen LogP contribution in [0.4, 0.5) is 17.6 Å². The zero-order chi connectivity index (χ0) is 27.0. The second kappa shape index (κ2) is 10.1. The maximum Gasteiger partial charge on any atom is 0.416 e. The van der Waals surface area contributed by atoms with Crippen molar-refractivity contribution in [2.75, 3.05) is 0 Å². The normalized spacial score (nSPS) is 19.9. The molecule has 1 aromatic heterocycles. The lowest BCUT2D eigenvalue weighted by Gasteiger charge is -2.19. The summed E-state index contributed by atoms with van der Waals surface area (Å²) in [6.07, 6.45) is -5.17. The average Bonchev–Trinajstić information content (AvgIpc) is 3.45. The zero-order valence-electron chi connectivity index (χ0n) is 18.9. The van der Waals surface area contributed by atoms with E-state index in [1.54, 1.807) is 0 Å². The molecule has 4 rings (SSSR count). The summed E-state index contributed by atoms with van der Waals surface area (Å²) in [5, 5.41) is 14.2. The Labute approximate surface area is 214 Å². The van der Waals surface area contributed by atoms with Crippen molar-refractivity contribution in [3.8, 4) is 11.8 Å². The quantitative estimate of drug-likeness (QED) is 0.448. The van der Waals surface area contributed by atoms with Gasteiger partial charge in [0.25, 0.3) is 0 Å². The summed E-state index contributed by atoms with van der Waals surface area (Å²) >= 11 is 6.13. The Morgan fingerprint density at radius 1 is 1.14 bits per heavy atom. The minimum absolute atomic E-state index is 0.0169. The monoisotopic (exact) mass is 554 g/mol. The number of hydrogen-bond acceptors (Lipinski definition) is 5. The fraction of sp³-hybridized carbons (Fsp3) is 0.292. The summed E-state index contributed by atoms with van der Waals surface area (Å²) in [4.78, 5) is 12.8. The van der Waals surface area contributed by atoms with Crippen LogP contribution < -0.4 is 5.32 Å². The van der Waals surface area contributed by atoms with Crippen LogP contribution in [0.15, 0.2) is 59.6 Å². The number of nitriles is 1. The molecule has 1 N–H and O–H groups in total. The largest absolute Gasteiger partial charge is 0.416 e. The van der Waals surface area contributed by atoms with Crippen LogP contribution in [0, 0.1) is 17.2 Å². The summed E-state index contributed by atoms with van der Waals surface area (Å²) in [6, 6.07) is 11.3. The predicted octanol–water partition coefficient (Wildman–Crippen LogP) is 4.62. The number of alkyl halides is 4. The van der Waals surface area contributed by atoms with Gasteiger partial charge >= 0.3 is 6.18 Å². The molecule has 1 aliphatic rings. The van der Waals surface area contributed by atoms with Crippen LogP contribution in [0.1, 0.15) is 29.5 Å². The van der Waals surface area contributed by atoms with Crippen LogP contribution >= 0.6 is 11.6 Å². The van der Waals surface area contributed by atoms with Crippen molar-refractivity contribution in [1.29, 1.82) is 5.26 Å². The Morgan fingerprint density at radius 3 is 2.38 bits per heavy atom. The van der Waals surface area contributed by atoms with E-state index in [0.717, 1.165) is 12.1 Å². The highest BCUT2D eigenvalue weighted by Crippen LogP contribution is 2.37. The molecule has 1 fully saturated rings. The highest BCUT2D eigenvalue weighted by Gasteiger charge is 2.46. The van der Waals surface area contributed by atoms with Gasteiger partial charge in [0.2, 0.25) is 5.91 Å². The Balaban J connectivity index is 1.47. The van der Waals surface area contributed by atoms with E-state index in [4.69, 9.17) is 16.9 Å². The molecule has 194 valence electrons. The molecular weight excluding hydrogens is 536 g/mol. The van der Waals surface area contributed by atoms with Gasteiger partial charge in [0.1, 0.15) is 6.17 Å². The Kier molecular flexibility index (Phi) is 7.30. The van der Waals surface area contributed by atoms with Crippen molar-refractivity contribution in [1.82, 2.24) is 15.1 Å². The fourth-order valence-electron chi connectivity index (χ4n) is 4.21. The first-order chi connectivity index (χ1) is 17.4. The Hall–Kier alpha value is -3.43. The van der Waals surface area contributed by atoms with Crippen molar-refractivity contribution in [2.45, 2.75) is 41.9 Å². The molecule has 0 bridgehead atoms. The average molecular weight is 555 g/mol. The standard InChI is InChI=1S/C24H19ClF4N4O3S/c25-22-15(13-33(32-22)18-5-3-16(4-6-18)24(27,28)29)12-31-23(34)20-9-17(26)10-21(20)37(35,36)19-7-1-14(11-30)2-8-19/h1-8,13,17,20-21H,9-10,12H2,(H,31,34)/t17-,20-,21?/m1/s1. The number of halogens is 5. The first kappa shape index (κ1) is 26.6. The SMILES string of the molecule is N#Cc1ccc(S(=O)(=O)C2C[C@H](F)C[C@H]2C(=O)NCc2cn(-c3ccc(C(F)(F)F)cc3)nc2Cl)cc1. The fourth-order valence-corrected chi connectivity index (χ4v) is 6.40. The van der Waals surface area contributed by atoms with Gasteiger partial charge in [0.05, 0.1) is 38.9 Å². The van der Waals surface area contributed by atoms with Gasteiger partial charge in [0.15, 0.2) is 15.0 Å². The van der Waals surface area contributed by atoms with Crippen LogP contribution in [0.2, 0.25) is 5.15 Å². The summed E-state index contributed by atoms with van der Waals surface area (Å²) < 4.78 is 80.2. The van der Waals surface area contributed by atoms with Crippen molar-refractivity contribution < 1.29 is 30.8 Å². The molecule has 3 atom stereocenters. The third-order valence-electron chi connectivity index (χ3n) is 6.14. The van der Waals surface area contributed by atoms with Crippen LogP contribution in [-0.4, -0.2) is 35.5 Å². The van der Waals surface area contributed by atoms with E-state index in [-0.39, 0.29) is 35.0 Å². The summed E-state index contributed by atoms with van der Waals surface area (Å²) in [6.45, 7) is -0.157. The molecule has 1 aliphatic carbocycles. The number of aromatic nitrogens is 2. The number of carbonyl (C=O) groups excluding carboxylic acids is 1. The van der Waals surface area contributed by atoms with Gasteiger partial charge in [0, 0.05) is 18.3 Å². The molecule has 0 saturated heterocycles. The van der Waals surface area contributed by atoms with Crippen molar-refractivity contribution in [3.05, 3.63) is 76.6 Å². The minimum Gasteiger partial charge on any atom is -0.352 e. The highest BCUT2D eigenvalue weighted by atomic mass is 35.5. The molecule has 37 heavy (non-hydrogen) atoms. The van der Waals surface area contributed by atoms with Gasteiger partial charge in [-0.25, -0.2) is 17.5 Å². The lowest BCUT2D eigenvalue weighted by Crippen LogP contribution is -2.38. The summed E-state index contributed by atoms with van der Waals surface area (Å²) in [5.74, 6) is -1.83. The number of hydrogen-bond donors (Lipinski definition) is 1. The molecule has 0 radical (unpaired) electrons. The van der Waals surface area contributed by atoms with Gasteiger partial charge in [-0.1, -0.05) is 11.6 Å². The van der Waals surface area contributed by atoms with Crippen LogP contribution in [-0.2, 0) is 27.4 Å². The number of sulfone groups is 1. The number of nitrogens with one attached hydrogen (secondary N) is 1. The van der Waals surface area contributed by atoms with Crippen LogP contribution in [0.25, 0.3) is 5.69 Å². The first-order valence-electron chi connectivity index (χ1n) is 11.0. The molecule has 1 unspecified atom stereocenters. The van der Waals surface area contributed by atoms with E-state index < -0.39 is 44.8 Å². The maximum atomic E-state index is 14.3. The smallest absolute Gasteiger partial charge is 0.352 e. The third kappa shape index (κ3) is 5.62. The van der Waals surface area contributed by atoms with E-state index >= 15 is 0 Å². The first-order valence-corrected chi connectivity index (χ1v) is 12.9. The number of benzene rings is 2. The molecule has 1 saturated carbocycles. The van der Waals surface area contributed by atoms with Crippen molar-refractivity contribution in [3.63, 3.8) is 0 Å². The van der Waals surface area contributed by atoms with Crippen LogP contribution in [0.5, 0.6) is 0 Å². The van der Waals surface area contributed by atoms with Gasteiger partial charge in [-0.3, -0.25) is 4.79 Å². The molecule has 13 heteroatoms. The third-order valence-corrected chi connectivity index (χ3v) is 8.71. The predicted molar refractivity (Wildman–Crippen MR) is 125 cm³/mol. The molecule has 2 aromatic carbocycles. The summed E-state index contributed by atoms with van der Waals surface area (Å²) in [7, 11) is -4.06. The van der Waals surface area contributed by atoms with E-state index in [2.05, 4.69) is 10.4 Å². The Bertz CT molecular complexity index is 1450. The van der Waals surface area contributed by atoms with Gasteiger partial charge < -0.3 is 5.32 Å². The van der Waals surface area contributed by atoms with E-state index in [9.17, 15) is 30.8 Å². The van der Waals surface area contributed by atoms with E-state index in [0.29, 0.717) is 11.3 Å². The zero-order valence-corrected chi connectivity index (χ0v) is 20.5. The maximum absolute atomic E-state index is 14.3.